The summed E-state index contributed by atoms with van der Waals surface area (Å²) in [5, 5.41) is 22.4. The first-order valence-electron chi connectivity index (χ1n) is 12.4. The van der Waals surface area contributed by atoms with Crippen LogP contribution in [0.25, 0.3) is 6.08 Å². The molecular weight excluding hydrogens is 542 g/mol. The van der Waals surface area contributed by atoms with Gasteiger partial charge in [-0.3, -0.25) is 14.5 Å². The van der Waals surface area contributed by atoms with E-state index < -0.39 is 11.8 Å². The van der Waals surface area contributed by atoms with Crippen LogP contribution in [0.5, 0.6) is 5.75 Å². The van der Waals surface area contributed by atoms with Crippen LogP contribution in [0, 0.1) is 17.8 Å². The van der Waals surface area contributed by atoms with Gasteiger partial charge in [0.2, 0.25) is 11.8 Å². The van der Waals surface area contributed by atoms with E-state index in [1.54, 1.807) is 23.5 Å². The molecule has 1 aliphatic carbocycles. The minimum atomic E-state index is -0.415. The number of rotatable bonds is 8. The van der Waals surface area contributed by atoms with E-state index >= 15 is 0 Å². The standard InChI is InChI=1S/C28H30BrNO5S/c1-2-16(10-17-11-19(29)6-7-23(17)32)5-8-24-25-18(14-31)12-21-26(22(25)15-35-24)28(34)30(27(21)33)13-20-4-3-9-36-20/h3-4,6-7,9-11,21-22,24,26,31-32H,2,5,8,12-15H2,1H3/b16-10+/t21-,22+,24-,26-/m1/s1. The number of thiophene rings is 1. The van der Waals surface area contributed by atoms with Gasteiger partial charge in [0.1, 0.15) is 5.75 Å². The van der Waals surface area contributed by atoms with Crippen LogP contribution < -0.4 is 0 Å². The number of carbonyl (C=O) groups is 2. The maximum atomic E-state index is 13.4. The minimum Gasteiger partial charge on any atom is -0.507 e. The van der Waals surface area contributed by atoms with Crippen LogP contribution in [-0.2, 0) is 20.9 Å². The van der Waals surface area contributed by atoms with Crippen molar-refractivity contribution in [1.29, 1.82) is 0 Å². The Bertz CT molecular complexity index is 1220. The number of aliphatic hydroxyl groups is 1. The number of halogens is 1. The third-order valence-electron chi connectivity index (χ3n) is 7.72. The summed E-state index contributed by atoms with van der Waals surface area (Å²) in [4.78, 5) is 29.0. The second kappa shape index (κ2) is 10.6. The highest BCUT2D eigenvalue weighted by molar-refractivity contribution is 9.10. The zero-order valence-corrected chi connectivity index (χ0v) is 22.6. The molecule has 0 unspecified atom stereocenters. The molecule has 1 aromatic carbocycles. The van der Waals surface area contributed by atoms with Crippen LogP contribution in [0.2, 0.25) is 0 Å². The van der Waals surface area contributed by atoms with E-state index in [2.05, 4.69) is 22.9 Å². The molecule has 36 heavy (non-hydrogen) atoms. The van der Waals surface area contributed by atoms with Gasteiger partial charge in [-0.2, -0.15) is 0 Å². The SMILES string of the molecule is CC/C(=C\c1cc(Br)ccc1O)CC[C@H]1OC[C@H]2C1=C(CO)C[C@H]1C(=O)N(Cc3cccs3)C(=O)[C@H]12. The fourth-order valence-electron chi connectivity index (χ4n) is 5.93. The van der Waals surface area contributed by atoms with E-state index in [0.29, 0.717) is 19.6 Å². The number of nitrogens with zero attached hydrogens (tertiary/aromatic N) is 1. The predicted molar refractivity (Wildman–Crippen MR) is 142 cm³/mol. The number of imide groups is 1. The largest absolute Gasteiger partial charge is 0.507 e. The fourth-order valence-corrected chi connectivity index (χ4v) is 7.00. The lowest BCUT2D eigenvalue weighted by Crippen LogP contribution is -2.34. The summed E-state index contributed by atoms with van der Waals surface area (Å²) >= 11 is 5.00. The Morgan fingerprint density at radius 2 is 2.08 bits per heavy atom. The van der Waals surface area contributed by atoms with Gasteiger partial charge in [-0.15, -0.1) is 11.3 Å². The van der Waals surface area contributed by atoms with Crippen LogP contribution >= 0.6 is 27.3 Å². The number of allylic oxidation sites excluding steroid dienone is 1. The van der Waals surface area contributed by atoms with Gasteiger partial charge in [0.15, 0.2) is 0 Å². The number of aliphatic hydroxyl groups excluding tert-OH is 1. The van der Waals surface area contributed by atoms with Crippen molar-refractivity contribution in [2.24, 2.45) is 17.8 Å². The number of carbonyl (C=O) groups excluding carboxylic acids is 2. The number of fused-ring (bicyclic) bond motifs is 3. The first kappa shape index (κ1) is 25.4. The number of phenols is 1. The number of likely N-dealkylation sites (tertiary alicyclic amines) is 1. The molecule has 2 saturated heterocycles. The Balaban J connectivity index is 1.34. The quantitative estimate of drug-likeness (QED) is 0.331. The van der Waals surface area contributed by atoms with Gasteiger partial charge < -0.3 is 14.9 Å². The molecular formula is C28H30BrNO5S. The predicted octanol–water partition coefficient (Wildman–Crippen LogP) is 5.30. The third kappa shape index (κ3) is 4.72. The second-order valence-electron chi connectivity index (χ2n) is 9.72. The molecule has 190 valence electrons. The summed E-state index contributed by atoms with van der Waals surface area (Å²) in [6.07, 6.45) is 4.59. The molecule has 0 bridgehead atoms. The molecule has 2 amide bonds. The topological polar surface area (TPSA) is 87.1 Å². The lowest BCUT2D eigenvalue weighted by molar-refractivity contribution is -0.140. The molecule has 5 rings (SSSR count). The van der Waals surface area contributed by atoms with Crippen molar-refractivity contribution in [2.75, 3.05) is 13.2 Å². The number of benzene rings is 1. The van der Waals surface area contributed by atoms with E-state index in [9.17, 15) is 19.8 Å². The molecule has 1 aromatic heterocycles. The molecule has 2 aliphatic heterocycles. The van der Waals surface area contributed by atoms with Gasteiger partial charge in [-0.25, -0.2) is 0 Å². The molecule has 6 nitrogen and oxygen atoms in total. The van der Waals surface area contributed by atoms with Crippen molar-refractivity contribution in [1.82, 2.24) is 4.90 Å². The summed E-state index contributed by atoms with van der Waals surface area (Å²) in [6.45, 7) is 2.68. The first-order valence-corrected chi connectivity index (χ1v) is 14.1. The smallest absolute Gasteiger partial charge is 0.234 e. The molecule has 0 spiro atoms. The average molecular weight is 573 g/mol. The molecule has 3 heterocycles. The summed E-state index contributed by atoms with van der Waals surface area (Å²) in [5.41, 5.74) is 3.83. The van der Waals surface area contributed by atoms with Crippen LogP contribution in [0.3, 0.4) is 0 Å². The average Bonchev–Trinajstić information content (AvgIpc) is 3.60. The van der Waals surface area contributed by atoms with Gasteiger partial charge in [0.25, 0.3) is 0 Å². The Morgan fingerprint density at radius 3 is 2.81 bits per heavy atom. The number of amides is 2. The van der Waals surface area contributed by atoms with E-state index in [1.165, 1.54) is 10.5 Å². The normalized spacial score (nSPS) is 26.1. The second-order valence-corrected chi connectivity index (χ2v) is 11.7. The molecule has 0 saturated carbocycles. The maximum Gasteiger partial charge on any atom is 0.234 e. The van der Waals surface area contributed by atoms with Crippen LogP contribution in [0.15, 0.2) is 56.9 Å². The van der Waals surface area contributed by atoms with Gasteiger partial charge in [0.05, 0.1) is 37.7 Å². The van der Waals surface area contributed by atoms with E-state index in [4.69, 9.17) is 4.74 Å². The number of hydrogen-bond acceptors (Lipinski definition) is 6. The Hall–Kier alpha value is -2.26. The Labute approximate surface area is 223 Å². The highest BCUT2D eigenvalue weighted by atomic mass is 79.9. The van der Waals surface area contributed by atoms with E-state index in [0.717, 1.165) is 45.3 Å². The molecule has 8 heteroatoms. The number of ether oxygens (including phenoxy) is 1. The molecule has 3 aliphatic rings. The molecule has 2 aromatic rings. The molecule has 4 atom stereocenters. The minimum absolute atomic E-state index is 0.110. The highest BCUT2D eigenvalue weighted by Gasteiger charge is 2.56. The van der Waals surface area contributed by atoms with Crippen LogP contribution in [0.1, 0.15) is 43.0 Å². The number of aromatic hydroxyl groups is 1. The number of hydrogen-bond donors (Lipinski definition) is 2. The lowest BCUT2D eigenvalue weighted by Gasteiger charge is -2.31. The third-order valence-corrected chi connectivity index (χ3v) is 9.07. The van der Waals surface area contributed by atoms with Gasteiger partial charge in [-0.05, 0) is 66.5 Å². The Morgan fingerprint density at radius 1 is 1.25 bits per heavy atom. The van der Waals surface area contributed by atoms with Crippen molar-refractivity contribution < 1.29 is 24.5 Å². The monoisotopic (exact) mass is 571 g/mol. The number of phenolic OH excluding ortho intramolecular Hbond substituents is 1. The van der Waals surface area contributed by atoms with Crippen molar-refractivity contribution in [3.63, 3.8) is 0 Å². The molecule has 2 fully saturated rings. The van der Waals surface area contributed by atoms with Crippen molar-refractivity contribution >= 4 is 45.2 Å². The van der Waals surface area contributed by atoms with Crippen molar-refractivity contribution in [3.8, 4) is 5.75 Å². The lowest BCUT2D eigenvalue weighted by atomic mass is 9.69. The summed E-state index contributed by atoms with van der Waals surface area (Å²) in [7, 11) is 0. The van der Waals surface area contributed by atoms with E-state index in [1.807, 2.05) is 29.7 Å². The first-order chi connectivity index (χ1) is 17.4. The molecule has 2 N–H and O–H groups in total. The van der Waals surface area contributed by atoms with E-state index in [-0.39, 0.29) is 36.2 Å². The zero-order chi connectivity index (χ0) is 25.4. The zero-order valence-electron chi connectivity index (χ0n) is 20.2. The Kier molecular flexibility index (Phi) is 7.49. The van der Waals surface area contributed by atoms with Crippen LogP contribution in [-0.4, -0.2) is 46.2 Å². The maximum absolute atomic E-state index is 13.4. The summed E-state index contributed by atoms with van der Waals surface area (Å²) in [5.74, 6) is -0.988. The van der Waals surface area contributed by atoms with Gasteiger partial charge in [0, 0.05) is 20.8 Å². The van der Waals surface area contributed by atoms with Gasteiger partial charge >= 0.3 is 0 Å². The summed E-state index contributed by atoms with van der Waals surface area (Å²) in [6, 6.07) is 9.24. The summed E-state index contributed by atoms with van der Waals surface area (Å²) < 4.78 is 7.12. The van der Waals surface area contributed by atoms with Crippen molar-refractivity contribution in [3.05, 3.63) is 67.3 Å². The fraction of sp³-hybridized carbons (Fsp3) is 0.429. The molecule has 0 radical (unpaired) electrons. The van der Waals surface area contributed by atoms with Crippen LogP contribution in [0.4, 0.5) is 0 Å². The van der Waals surface area contributed by atoms with Gasteiger partial charge in [-0.1, -0.05) is 40.6 Å². The van der Waals surface area contributed by atoms with Crippen molar-refractivity contribution in [2.45, 2.75) is 45.3 Å². The highest BCUT2D eigenvalue weighted by Crippen LogP contribution is 2.50.